The number of nitrogens with one attached hydrogen (secondary N) is 3. The Hall–Kier alpha value is -3.07. The van der Waals surface area contributed by atoms with Gasteiger partial charge in [0.2, 0.25) is 5.91 Å². The first kappa shape index (κ1) is 23.1. The van der Waals surface area contributed by atoms with E-state index in [9.17, 15) is 18.8 Å². The predicted molar refractivity (Wildman–Crippen MR) is 123 cm³/mol. The van der Waals surface area contributed by atoms with Gasteiger partial charge < -0.3 is 20.4 Å². The third-order valence-electron chi connectivity index (χ3n) is 6.43. The number of anilines is 1. The highest BCUT2D eigenvalue weighted by Gasteiger charge is 2.49. The lowest BCUT2D eigenvalue weighted by atomic mass is 9.83. The number of imide groups is 1. The van der Waals surface area contributed by atoms with Crippen molar-refractivity contribution in [2.24, 2.45) is 0 Å². The zero-order valence-corrected chi connectivity index (χ0v) is 19.3. The molecule has 0 bridgehead atoms. The van der Waals surface area contributed by atoms with Gasteiger partial charge in [-0.2, -0.15) is 0 Å². The Kier molecular flexibility index (Phi) is 6.34. The summed E-state index contributed by atoms with van der Waals surface area (Å²) in [5.41, 5.74) is 0.139. The SMILES string of the molecule is CC1C=CC(C2(CCC(=O)N3CCN(c4ccc(F)c(Cl)c4)[C@@H](C)C3)NC(=O)NC2=O)=CN1. The summed E-state index contributed by atoms with van der Waals surface area (Å²) in [6.45, 7) is 5.51. The smallest absolute Gasteiger partial charge is 0.322 e. The normalized spacial score (nSPS) is 27.1. The Labute approximate surface area is 196 Å². The Morgan fingerprint density at radius 3 is 2.67 bits per heavy atom. The second-order valence-corrected chi connectivity index (χ2v) is 9.12. The number of benzene rings is 1. The van der Waals surface area contributed by atoms with Gasteiger partial charge in [0.25, 0.3) is 5.91 Å². The lowest BCUT2D eigenvalue weighted by Crippen LogP contribution is -2.54. The van der Waals surface area contributed by atoms with E-state index in [2.05, 4.69) is 20.9 Å². The van der Waals surface area contributed by atoms with Crippen LogP contribution in [0.1, 0.15) is 26.7 Å². The van der Waals surface area contributed by atoms with E-state index < -0.39 is 23.3 Å². The Balaban J connectivity index is 1.42. The summed E-state index contributed by atoms with van der Waals surface area (Å²) in [5, 5.41) is 8.23. The van der Waals surface area contributed by atoms with E-state index in [1.54, 1.807) is 23.2 Å². The number of carbonyl (C=O) groups is 3. The molecule has 1 aromatic rings. The first-order valence-electron chi connectivity index (χ1n) is 11.0. The first-order valence-corrected chi connectivity index (χ1v) is 11.4. The summed E-state index contributed by atoms with van der Waals surface area (Å²) >= 11 is 5.93. The topological polar surface area (TPSA) is 93.8 Å². The molecule has 8 nitrogen and oxygen atoms in total. The molecule has 3 N–H and O–H groups in total. The summed E-state index contributed by atoms with van der Waals surface area (Å²) in [5.74, 6) is -1.01. The van der Waals surface area contributed by atoms with Gasteiger partial charge in [0.1, 0.15) is 11.4 Å². The zero-order valence-electron chi connectivity index (χ0n) is 18.5. The summed E-state index contributed by atoms with van der Waals surface area (Å²) in [4.78, 5) is 41.5. The molecule has 0 aromatic heterocycles. The number of hydrogen-bond donors (Lipinski definition) is 3. The number of carbonyl (C=O) groups excluding carboxylic acids is 3. The first-order chi connectivity index (χ1) is 15.7. The molecule has 33 heavy (non-hydrogen) atoms. The molecule has 2 unspecified atom stereocenters. The maximum absolute atomic E-state index is 13.5. The molecule has 2 saturated heterocycles. The van der Waals surface area contributed by atoms with Gasteiger partial charge in [-0.1, -0.05) is 23.8 Å². The summed E-state index contributed by atoms with van der Waals surface area (Å²) in [6, 6.07) is 4.16. The summed E-state index contributed by atoms with van der Waals surface area (Å²) < 4.78 is 13.5. The van der Waals surface area contributed by atoms with Crippen molar-refractivity contribution < 1.29 is 18.8 Å². The molecule has 0 saturated carbocycles. The van der Waals surface area contributed by atoms with Crippen LogP contribution in [0.15, 0.2) is 42.1 Å². The van der Waals surface area contributed by atoms with E-state index in [1.807, 2.05) is 26.0 Å². The standard InChI is InChI=1S/C23H27ClFN5O3/c1-14-3-4-16(12-26-14)23(21(32)27-22(33)28-23)8-7-20(31)29-9-10-30(15(2)13-29)17-5-6-19(25)18(24)11-17/h3-6,11-12,14-15,26H,7-10,13H2,1-2H3,(H2,27,28,32,33)/t14?,15-,23?/m0/s1. The molecule has 0 radical (unpaired) electrons. The summed E-state index contributed by atoms with van der Waals surface area (Å²) in [7, 11) is 0. The highest BCUT2D eigenvalue weighted by Crippen LogP contribution is 2.30. The number of amides is 4. The third kappa shape index (κ3) is 4.55. The molecule has 3 heterocycles. The van der Waals surface area contributed by atoms with Crippen molar-refractivity contribution in [2.45, 2.75) is 44.3 Å². The number of halogens is 2. The van der Waals surface area contributed by atoms with Crippen molar-refractivity contribution in [3.05, 3.63) is 53.0 Å². The lowest BCUT2D eigenvalue weighted by Gasteiger charge is -2.41. The minimum Gasteiger partial charge on any atom is -0.385 e. The predicted octanol–water partition coefficient (Wildman–Crippen LogP) is 2.31. The number of rotatable bonds is 5. The van der Waals surface area contributed by atoms with Crippen molar-refractivity contribution in [2.75, 3.05) is 24.5 Å². The van der Waals surface area contributed by atoms with E-state index in [0.717, 1.165) is 5.69 Å². The van der Waals surface area contributed by atoms with Gasteiger partial charge in [-0.25, -0.2) is 9.18 Å². The van der Waals surface area contributed by atoms with Crippen LogP contribution in [-0.4, -0.2) is 60.0 Å². The minimum atomic E-state index is -1.28. The molecule has 4 amide bonds. The van der Waals surface area contributed by atoms with Crippen LogP contribution in [0.5, 0.6) is 0 Å². The van der Waals surface area contributed by atoms with E-state index in [-0.39, 0.29) is 35.9 Å². The maximum Gasteiger partial charge on any atom is 0.322 e. The van der Waals surface area contributed by atoms with E-state index >= 15 is 0 Å². The van der Waals surface area contributed by atoms with E-state index in [0.29, 0.717) is 25.2 Å². The van der Waals surface area contributed by atoms with Crippen LogP contribution in [0.25, 0.3) is 0 Å². The van der Waals surface area contributed by atoms with Gasteiger partial charge in [0.15, 0.2) is 0 Å². The van der Waals surface area contributed by atoms with Crippen molar-refractivity contribution >= 4 is 35.1 Å². The Morgan fingerprint density at radius 1 is 1.27 bits per heavy atom. The number of urea groups is 1. The molecular formula is C23H27ClFN5O3. The maximum atomic E-state index is 13.5. The highest BCUT2D eigenvalue weighted by molar-refractivity contribution is 6.31. The van der Waals surface area contributed by atoms with E-state index in [1.165, 1.54) is 6.07 Å². The van der Waals surface area contributed by atoms with E-state index in [4.69, 9.17) is 11.6 Å². The van der Waals surface area contributed by atoms with Crippen molar-refractivity contribution in [1.82, 2.24) is 20.9 Å². The fourth-order valence-corrected chi connectivity index (χ4v) is 4.71. The molecule has 3 aliphatic heterocycles. The number of hydrogen-bond acceptors (Lipinski definition) is 5. The van der Waals surface area contributed by atoms with Crippen LogP contribution < -0.4 is 20.9 Å². The minimum absolute atomic E-state index is 0.00217. The van der Waals surface area contributed by atoms with Gasteiger partial charge in [0, 0.05) is 55.6 Å². The average Bonchev–Trinajstić information content (AvgIpc) is 3.08. The van der Waals surface area contributed by atoms with Gasteiger partial charge in [-0.05, 0) is 38.5 Å². The van der Waals surface area contributed by atoms with Crippen LogP contribution in [0.2, 0.25) is 5.02 Å². The van der Waals surface area contributed by atoms with Gasteiger partial charge in [-0.15, -0.1) is 0 Å². The number of dihydropyridines is 1. The molecule has 3 aliphatic rings. The third-order valence-corrected chi connectivity index (χ3v) is 6.72. The van der Waals surface area contributed by atoms with Crippen LogP contribution >= 0.6 is 11.6 Å². The molecule has 3 atom stereocenters. The molecule has 2 fully saturated rings. The number of piperazine rings is 1. The van der Waals surface area contributed by atoms with Crippen LogP contribution in [0.4, 0.5) is 14.9 Å². The van der Waals surface area contributed by atoms with Gasteiger partial charge >= 0.3 is 6.03 Å². The monoisotopic (exact) mass is 475 g/mol. The van der Waals surface area contributed by atoms with Crippen molar-refractivity contribution in [3.8, 4) is 0 Å². The fraction of sp³-hybridized carbons (Fsp3) is 0.435. The van der Waals surface area contributed by atoms with Gasteiger partial charge in [0.05, 0.1) is 5.02 Å². The highest BCUT2D eigenvalue weighted by atomic mass is 35.5. The number of nitrogens with zero attached hydrogens (tertiary/aromatic N) is 2. The molecule has 1 aromatic carbocycles. The average molecular weight is 476 g/mol. The second kappa shape index (κ2) is 9.05. The van der Waals surface area contributed by atoms with Crippen LogP contribution in [0.3, 0.4) is 0 Å². The lowest BCUT2D eigenvalue weighted by molar-refractivity contribution is -0.132. The van der Waals surface area contributed by atoms with Crippen molar-refractivity contribution in [3.63, 3.8) is 0 Å². The zero-order chi connectivity index (χ0) is 23.8. The van der Waals surface area contributed by atoms with Gasteiger partial charge in [-0.3, -0.25) is 14.9 Å². The molecular weight excluding hydrogens is 449 g/mol. The molecule has 176 valence electrons. The fourth-order valence-electron chi connectivity index (χ4n) is 4.54. The van der Waals surface area contributed by atoms with Crippen LogP contribution in [-0.2, 0) is 9.59 Å². The molecule has 10 heteroatoms. The molecule has 0 aliphatic carbocycles. The Morgan fingerprint density at radius 2 is 2.06 bits per heavy atom. The Bertz CT molecular complexity index is 1040. The summed E-state index contributed by atoms with van der Waals surface area (Å²) in [6.07, 6.45) is 5.68. The largest absolute Gasteiger partial charge is 0.385 e. The quantitative estimate of drug-likeness (QED) is 0.568. The van der Waals surface area contributed by atoms with Crippen LogP contribution in [0, 0.1) is 5.82 Å². The van der Waals surface area contributed by atoms with Crippen molar-refractivity contribution in [1.29, 1.82) is 0 Å². The molecule has 0 spiro atoms. The second-order valence-electron chi connectivity index (χ2n) is 8.71. The molecule has 4 rings (SSSR count).